The molecular formula is C55H78N6O12. The molecule has 4 rings (SSSR count). The maximum atomic E-state index is 14.4. The molecule has 0 heterocycles. The minimum absolute atomic E-state index is 0.00477. The molecule has 0 unspecified atom stereocenters. The Bertz CT molecular complexity index is 2240. The van der Waals surface area contributed by atoms with Crippen molar-refractivity contribution in [1.82, 2.24) is 31.9 Å². The Morgan fingerprint density at radius 3 is 1.27 bits per heavy atom. The fraction of sp³-hybridized carbons (Fsp3) is 0.545. The van der Waals surface area contributed by atoms with Crippen LogP contribution >= 0.6 is 0 Å². The summed E-state index contributed by atoms with van der Waals surface area (Å²) in [6, 6.07) is 21.4. The molecule has 0 aliphatic heterocycles. The van der Waals surface area contributed by atoms with Gasteiger partial charge in [-0.05, 0) is 148 Å². The number of esters is 1. The maximum Gasteiger partial charge on any atom is 0.407 e. The number of fused-ring (bicyclic) bond motifs is 3. The van der Waals surface area contributed by atoms with Crippen LogP contribution in [0, 0.1) is 0 Å². The van der Waals surface area contributed by atoms with Crippen molar-refractivity contribution in [3.63, 3.8) is 0 Å². The van der Waals surface area contributed by atoms with Crippen molar-refractivity contribution in [2.45, 2.75) is 168 Å². The van der Waals surface area contributed by atoms with Crippen molar-refractivity contribution in [3.8, 4) is 11.1 Å². The summed E-state index contributed by atoms with van der Waals surface area (Å²) in [7, 11) is 0. The smallest absolute Gasteiger partial charge is 0.407 e. The zero-order valence-corrected chi connectivity index (χ0v) is 44.1. The summed E-state index contributed by atoms with van der Waals surface area (Å²) < 4.78 is 27.5. The monoisotopic (exact) mass is 1010 g/mol. The Kier molecular flexibility index (Phi) is 22.8. The van der Waals surface area contributed by atoms with Gasteiger partial charge in [0.05, 0.1) is 0 Å². The molecule has 0 radical (unpaired) electrons. The van der Waals surface area contributed by atoms with Gasteiger partial charge in [-0.25, -0.2) is 24.0 Å². The van der Waals surface area contributed by atoms with Gasteiger partial charge < -0.3 is 55.6 Å². The molecule has 73 heavy (non-hydrogen) atoms. The molecule has 0 spiro atoms. The lowest BCUT2D eigenvalue weighted by molar-refractivity contribution is -0.149. The average Bonchev–Trinajstić information content (AvgIpc) is 3.62. The molecule has 6 N–H and O–H groups in total. The van der Waals surface area contributed by atoms with Crippen LogP contribution in [-0.4, -0.2) is 103 Å². The summed E-state index contributed by atoms with van der Waals surface area (Å²) in [5.74, 6) is -2.30. The van der Waals surface area contributed by atoms with Crippen LogP contribution in [0.25, 0.3) is 11.1 Å². The summed E-state index contributed by atoms with van der Waals surface area (Å²) in [4.78, 5) is 93.2. The first-order valence-corrected chi connectivity index (χ1v) is 25.3. The normalized spacial score (nSPS) is 13.4. The van der Waals surface area contributed by atoms with E-state index in [1.165, 1.54) is 0 Å². The third-order valence-electron chi connectivity index (χ3n) is 11.2. The fourth-order valence-electron chi connectivity index (χ4n) is 7.88. The second-order valence-electron chi connectivity index (χ2n) is 21.0. The van der Waals surface area contributed by atoms with Crippen molar-refractivity contribution in [2.24, 2.45) is 0 Å². The number of nitrogens with one attached hydrogen (secondary N) is 6. The number of alkyl carbamates (subject to hydrolysis) is 4. The highest BCUT2D eigenvalue weighted by Crippen LogP contribution is 2.44. The van der Waals surface area contributed by atoms with E-state index in [0.29, 0.717) is 38.5 Å². The van der Waals surface area contributed by atoms with Gasteiger partial charge in [-0.3, -0.25) is 9.59 Å². The lowest BCUT2D eigenvalue weighted by atomic mass is 9.98. The summed E-state index contributed by atoms with van der Waals surface area (Å²) in [6.45, 7) is 16.4. The van der Waals surface area contributed by atoms with Crippen molar-refractivity contribution in [1.29, 1.82) is 0 Å². The van der Waals surface area contributed by atoms with Crippen LogP contribution in [-0.2, 0) is 44.7 Å². The van der Waals surface area contributed by atoms with E-state index in [1.54, 1.807) is 74.4 Å². The van der Waals surface area contributed by atoms with Crippen molar-refractivity contribution >= 4 is 42.2 Å². The van der Waals surface area contributed by atoms with Crippen LogP contribution in [0.4, 0.5) is 19.2 Å². The lowest BCUT2D eigenvalue weighted by Crippen LogP contribution is -2.56. The van der Waals surface area contributed by atoms with Gasteiger partial charge in [-0.2, -0.15) is 0 Å². The summed E-state index contributed by atoms with van der Waals surface area (Å²) in [5.41, 5.74) is 2.79. The van der Waals surface area contributed by atoms with Gasteiger partial charge in [-0.1, -0.05) is 78.9 Å². The highest BCUT2D eigenvalue weighted by molar-refractivity contribution is 5.93. The first kappa shape index (κ1) is 58.7. The zero-order chi connectivity index (χ0) is 53.6. The van der Waals surface area contributed by atoms with Gasteiger partial charge in [0.1, 0.15) is 48.1 Å². The molecule has 3 aromatic rings. The molecule has 3 aromatic carbocycles. The van der Waals surface area contributed by atoms with Crippen LogP contribution in [0.5, 0.6) is 0 Å². The van der Waals surface area contributed by atoms with Gasteiger partial charge >= 0.3 is 30.3 Å². The molecule has 0 saturated heterocycles. The van der Waals surface area contributed by atoms with Crippen LogP contribution < -0.4 is 31.9 Å². The number of carbonyl (C=O) groups is 7. The van der Waals surface area contributed by atoms with Gasteiger partial charge in [-0.15, -0.1) is 0 Å². The first-order chi connectivity index (χ1) is 34.5. The third kappa shape index (κ3) is 22.2. The third-order valence-corrected chi connectivity index (χ3v) is 11.2. The van der Waals surface area contributed by atoms with E-state index in [2.05, 4.69) is 31.9 Å². The summed E-state index contributed by atoms with van der Waals surface area (Å²) in [5, 5.41) is 16.5. The molecule has 0 saturated carbocycles. The molecule has 0 bridgehead atoms. The van der Waals surface area contributed by atoms with E-state index in [9.17, 15) is 33.6 Å². The van der Waals surface area contributed by atoms with E-state index in [-0.39, 0.29) is 58.0 Å². The summed E-state index contributed by atoms with van der Waals surface area (Å²) in [6.07, 6.45) is 0.0720. The highest BCUT2D eigenvalue weighted by atomic mass is 16.6. The SMILES string of the molecule is CC(C)(C)OC(=O)NCCCC[C@H](NC(=O)OCC1c2ccccc2-c2ccccc21)C(=O)N[C@@H](CCCCNC(=O)OC(C)(C)C)C(=O)N[C@@H](CCCCNC(=O)OC(C)(C)C)C(=O)OCc1ccccc1. The van der Waals surface area contributed by atoms with E-state index in [4.69, 9.17) is 23.7 Å². The fourth-order valence-corrected chi connectivity index (χ4v) is 7.88. The van der Waals surface area contributed by atoms with E-state index >= 15 is 0 Å². The average molecular weight is 1020 g/mol. The molecule has 6 amide bonds. The van der Waals surface area contributed by atoms with E-state index < -0.39 is 77.1 Å². The number of amides is 6. The Morgan fingerprint density at radius 2 is 0.836 bits per heavy atom. The minimum atomic E-state index is -1.21. The topological polar surface area (TPSA) is 238 Å². The summed E-state index contributed by atoms with van der Waals surface area (Å²) >= 11 is 0. The van der Waals surface area contributed by atoms with E-state index in [0.717, 1.165) is 27.8 Å². The minimum Gasteiger partial charge on any atom is -0.459 e. The second-order valence-corrected chi connectivity index (χ2v) is 21.0. The molecule has 0 fully saturated rings. The first-order valence-electron chi connectivity index (χ1n) is 25.3. The number of unbranched alkanes of at least 4 members (excludes halogenated alkanes) is 3. The molecule has 1 aliphatic rings. The van der Waals surface area contributed by atoms with Crippen molar-refractivity contribution < 1.29 is 57.2 Å². The van der Waals surface area contributed by atoms with Crippen LogP contribution in [0.15, 0.2) is 78.9 Å². The quantitative estimate of drug-likeness (QED) is 0.0266. The number of ether oxygens (including phenoxy) is 5. The zero-order valence-electron chi connectivity index (χ0n) is 44.1. The molecule has 400 valence electrons. The van der Waals surface area contributed by atoms with Gasteiger partial charge in [0.15, 0.2) is 0 Å². The van der Waals surface area contributed by atoms with Crippen molar-refractivity contribution in [2.75, 3.05) is 26.2 Å². The van der Waals surface area contributed by atoms with Gasteiger partial charge in [0, 0.05) is 25.6 Å². The Morgan fingerprint density at radius 1 is 0.452 bits per heavy atom. The molecule has 18 heteroatoms. The lowest BCUT2D eigenvalue weighted by Gasteiger charge is -2.25. The molecule has 18 nitrogen and oxygen atoms in total. The Hall–Kier alpha value is -6.85. The number of rotatable bonds is 25. The van der Waals surface area contributed by atoms with Crippen LogP contribution in [0.1, 0.15) is 143 Å². The largest absolute Gasteiger partial charge is 0.459 e. The van der Waals surface area contributed by atoms with Crippen molar-refractivity contribution in [3.05, 3.63) is 95.6 Å². The molecule has 0 aromatic heterocycles. The Labute approximate surface area is 430 Å². The molecule has 1 aliphatic carbocycles. The van der Waals surface area contributed by atoms with Crippen LogP contribution in [0.2, 0.25) is 0 Å². The van der Waals surface area contributed by atoms with Gasteiger partial charge in [0.2, 0.25) is 11.8 Å². The second kappa shape index (κ2) is 28.4. The molecule has 3 atom stereocenters. The van der Waals surface area contributed by atoms with Crippen LogP contribution in [0.3, 0.4) is 0 Å². The standard InChI is InChI=1S/C55H78N6O12/c1-53(2,3)71-49(65)56-32-20-17-29-43(46(62)60-45(48(64)69-35-37-23-11-10-12-24-37)31-19-22-34-58-51(67)73-55(7,8)9)59-47(63)44(30-18-21-33-57-50(66)72-54(4,5)6)61-52(68)70-36-42-40-27-15-13-25-38(40)39-26-14-16-28-41(39)42/h10-16,23-28,42-45H,17-22,29-36H2,1-9H3,(H,56,65)(H,57,66)(H,58,67)(H,59,63)(H,60,62)(H,61,68)/t43-,44-,45-/m0/s1. The number of carbonyl (C=O) groups excluding carboxylic acids is 7. The molecular weight excluding hydrogens is 937 g/mol. The van der Waals surface area contributed by atoms with Gasteiger partial charge in [0.25, 0.3) is 0 Å². The van der Waals surface area contributed by atoms with E-state index in [1.807, 2.05) is 66.7 Å². The maximum absolute atomic E-state index is 14.4. The Balaban J connectivity index is 1.52. The highest BCUT2D eigenvalue weighted by Gasteiger charge is 2.33. The predicted molar refractivity (Wildman–Crippen MR) is 276 cm³/mol. The number of hydrogen-bond donors (Lipinski definition) is 6. The number of hydrogen-bond acceptors (Lipinski definition) is 12. The number of benzene rings is 3. The predicted octanol–water partition coefficient (Wildman–Crippen LogP) is 8.69.